The van der Waals surface area contributed by atoms with Gasteiger partial charge in [0.15, 0.2) is 0 Å². The summed E-state index contributed by atoms with van der Waals surface area (Å²) in [7, 11) is 0. The summed E-state index contributed by atoms with van der Waals surface area (Å²) >= 11 is 0. The van der Waals surface area contributed by atoms with Crippen molar-refractivity contribution in [2.75, 3.05) is 0 Å². The highest BCUT2D eigenvalue weighted by Crippen LogP contribution is 2.43. The van der Waals surface area contributed by atoms with Gasteiger partial charge >= 0.3 is 0 Å². The van der Waals surface area contributed by atoms with E-state index in [1.807, 2.05) is 6.07 Å². The van der Waals surface area contributed by atoms with Crippen LogP contribution in [0.25, 0.3) is 32.3 Å². The Hall–Kier alpha value is -4.09. The predicted octanol–water partition coefficient (Wildman–Crippen LogP) is 5.61. The lowest BCUT2D eigenvalue weighted by atomic mass is 9.35. The van der Waals surface area contributed by atoms with E-state index >= 15 is 0 Å². The van der Waals surface area contributed by atoms with E-state index < -0.39 is 0 Å². The minimum absolute atomic E-state index is 0.141. The molecule has 0 fully saturated rings. The van der Waals surface area contributed by atoms with Crippen molar-refractivity contribution >= 4 is 55.4 Å². The molecular weight excluding hydrogens is 409 g/mol. The molecule has 1 aliphatic rings. The second-order valence-electron chi connectivity index (χ2n) is 10.0. The quantitative estimate of drug-likeness (QED) is 0.245. The van der Waals surface area contributed by atoms with Crippen LogP contribution in [0, 0.1) is 11.3 Å². The molecule has 0 amide bonds. The van der Waals surface area contributed by atoms with Gasteiger partial charge < -0.3 is 0 Å². The number of benzene rings is 6. The Kier molecular flexibility index (Phi) is 3.83. The molecule has 0 unspecified atom stereocenters. The number of nitrogens with zero attached hydrogens (tertiary/aromatic N) is 1. The summed E-state index contributed by atoms with van der Waals surface area (Å²) in [4.78, 5) is 0. The normalized spacial score (nSPS) is 14.3. The Labute approximate surface area is 199 Å². The van der Waals surface area contributed by atoms with Crippen LogP contribution in [0.15, 0.2) is 97.1 Å². The largest absolute Gasteiger partial charge is 0.242 e. The third-order valence-corrected chi connectivity index (χ3v) is 7.98. The number of fused-ring (bicyclic) bond motifs is 1. The van der Waals surface area contributed by atoms with Crippen molar-refractivity contribution in [3.05, 3.63) is 114 Å². The summed E-state index contributed by atoms with van der Waals surface area (Å²) in [5, 5.41) is 17.2. The van der Waals surface area contributed by atoms with Crippen molar-refractivity contribution in [1.82, 2.24) is 0 Å². The van der Waals surface area contributed by atoms with Gasteiger partial charge in [0.25, 0.3) is 0 Å². The van der Waals surface area contributed by atoms with Crippen molar-refractivity contribution in [2.45, 2.75) is 19.3 Å². The third-order valence-electron chi connectivity index (χ3n) is 7.98. The highest BCUT2D eigenvalue weighted by atomic mass is 14.3. The zero-order valence-electron chi connectivity index (χ0n) is 19.3. The fraction of sp³-hybridized carbons (Fsp3) is 0.0938. The van der Waals surface area contributed by atoms with E-state index in [0.717, 1.165) is 10.9 Å². The molecule has 6 aromatic rings. The van der Waals surface area contributed by atoms with E-state index in [2.05, 4.69) is 111 Å². The molecule has 34 heavy (non-hydrogen) atoms. The summed E-state index contributed by atoms with van der Waals surface area (Å²) in [6.45, 7) is 4.86. The van der Waals surface area contributed by atoms with Gasteiger partial charge in [-0.25, -0.2) is 0 Å². The van der Waals surface area contributed by atoms with Crippen LogP contribution >= 0.6 is 0 Å². The lowest BCUT2D eigenvalue weighted by Crippen LogP contribution is -2.53. The van der Waals surface area contributed by atoms with Gasteiger partial charge in [0.05, 0.1) is 11.6 Å². The van der Waals surface area contributed by atoms with Crippen LogP contribution in [-0.2, 0) is 5.41 Å². The van der Waals surface area contributed by atoms with E-state index in [9.17, 15) is 5.26 Å². The average Bonchev–Trinajstić information content (AvgIpc) is 2.96. The van der Waals surface area contributed by atoms with Crippen LogP contribution in [-0.4, -0.2) is 6.71 Å². The average molecular weight is 431 g/mol. The molecule has 1 aliphatic heterocycles. The van der Waals surface area contributed by atoms with Gasteiger partial charge in [-0.15, -0.1) is 0 Å². The SMILES string of the molecule is CC1(C)c2ccccc2B(c2ccccc2)c2cc3ccc(C#N)c4ccc5ccc1c2c5c34. The Balaban J connectivity index is 1.77. The number of hydrogen-bond donors (Lipinski definition) is 0. The third kappa shape index (κ3) is 2.39. The fourth-order valence-electron chi connectivity index (χ4n) is 6.43. The van der Waals surface area contributed by atoms with Crippen LogP contribution in [0.2, 0.25) is 0 Å². The number of nitriles is 1. The molecule has 1 nitrogen and oxygen atoms in total. The van der Waals surface area contributed by atoms with E-state index in [-0.39, 0.29) is 12.1 Å². The van der Waals surface area contributed by atoms with Gasteiger partial charge in [-0.1, -0.05) is 121 Å². The molecule has 0 saturated carbocycles. The highest BCUT2D eigenvalue weighted by Gasteiger charge is 2.38. The summed E-state index contributed by atoms with van der Waals surface area (Å²) in [5.41, 5.74) is 7.36. The molecule has 0 N–H and O–H groups in total. The first-order valence-electron chi connectivity index (χ1n) is 11.9. The van der Waals surface area contributed by atoms with E-state index in [1.165, 1.54) is 54.4 Å². The molecule has 0 bridgehead atoms. The molecule has 0 spiro atoms. The first-order valence-corrected chi connectivity index (χ1v) is 11.9. The molecule has 0 atom stereocenters. The van der Waals surface area contributed by atoms with Gasteiger partial charge in [0, 0.05) is 10.8 Å². The summed E-state index contributed by atoms with van der Waals surface area (Å²) in [5.74, 6) is 0. The molecule has 1 heterocycles. The van der Waals surface area contributed by atoms with Crippen molar-refractivity contribution in [2.24, 2.45) is 0 Å². The first-order chi connectivity index (χ1) is 16.6. The summed E-state index contributed by atoms with van der Waals surface area (Å²) in [6, 6.07) is 37.7. The predicted molar refractivity (Wildman–Crippen MR) is 145 cm³/mol. The highest BCUT2D eigenvalue weighted by molar-refractivity contribution is 6.97. The van der Waals surface area contributed by atoms with Crippen molar-refractivity contribution in [3.8, 4) is 6.07 Å². The van der Waals surface area contributed by atoms with Gasteiger partial charge in [-0.3, -0.25) is 0 Å². The van der Waals surface area contributed by atoms with Crippen LogP contribution in [0.4, 0.5) is 0 Å². The van der Waals surface area contributed by atoms with Crippen molar-refractivity contribution in [3.63, 3.8) is 0 Å². The summed E-state index contributed by atoms with van der Waals surface area (Å²) in [6.07, 6.45) is 0. The maximum atomic E-state index is 9.82. The van der Waals surface area contributed by atoms with Crippen LogP contribution in [0.3, 0.4) is 0 Å². The lowest BCUT2D eigenvalue weighted by Gasteiger charge is -2.29. The van der Waals surface area contributed by atoms with E-state index in [4.69, 9.17) is 0 Å². The van der Waals surface area contributed by atoms with Crippen LogP contribution < -0.4 is 16.4 Å². The monoisotopic (exact) mass is 431 g/mol. The molecule has 0 saturated heterocycles. The first kappa shape index (κ1) is 19.4. The fourth-order valence-corrected chi connectivity index (χ4v) is 6.43. The Morgan fingerprint density at radius 2 is 1.38 bits per heavy atom. The smallest absolute Gasteiger partial charge is 0.192 e. The van der Waals surface area contributed by atoms with Gasteiger partial charge in [0.2, 0.25) is 6.71 Å². The second kappa shape index (κ2) is 6.72. The maximum absolute atomic E-state index is 9.82. The second-order valence-corrected chi connectivity index (χ2v) is 10.0. The Bertz CT molecular complexity index is 1790. The minimum Gasteiger partial charge on any atom is -0.192 e. The standard InChI is InChI=1S/C32H22BN/c1-32(2)25-10-6-7-11-27(25)33(23-8-4-3-5-9-23)28-18-21-12-13-22(19-34)24-16-14-20-15-17-26(32)31(28)30(20)29(21)24/h3-18H,1-2H3. The van der Waals surface area contributed by atoms with Gasteiger partial charge in [0.1, 0.15) is 0 Å². The topological polar surface area (TPSA) is 23.8 Å². The Morgan fingerprint density at radius 1 is 0.647 bits per heavy atom. The Morgan fingerprint density at radius 3 is 2.21 bits per heavy atom. The van der Waals surface area contributed by atoms with Gasteiger partial charge in [-0.2, -0.15) is 5.26 Å². The molecule has 6 aromatic carbocycles. The zero-order chi connectivity index (χ0) is 23.0. The summed E-state index contributed by atoms with van der Waals surface area (Å²) < 4.78 is 0. The van der Waals surface area contributed by atoms with Crippen LogP contribution in [0.5, 0.6) is 0 Å². The minimum atomic E-state index is -0.157. The van der Waals surface area contributed by atoms with Crippen LogP contribution in [0.1, 0.15) is 30.5 Å². The van der Waals surface area contributed by atoms with Crippen molar-refractivity contribution < 1.29 is 0 Å². The van der Waals surface area contributed by atoms with E-state index in [0.29, 0.717) is 0 Å². The molecular formula is C32H22BN. The lowest BCUT2D eigenvalue weighted by molar-refractivity contribution is 0.652. The molecule has 0 aliphatic carbocycles. The number of hydrogen-bond acceptors (Lipinski definition) is 1. The van der Waals surface area contributed by atoms with Crippen molar-refractivity contribution in [1.29, 1.82) is 5.26 Å². The zero-order valence-corrected chi connectivity index (χ0v) is 19.3. The molecule has 158 valence electrons. The maximum Gasteiger partial charge on any atom is 0.242 e. The van der Waals surface area contributed by atoms with E-state index in [1.54, 1.807) is 0 Å². The molecule has 2 heteroatoms. The molecule has 7 rings (SSSR count). The van der Waals surface area contributed by atoms with Gasteiger partial charge in [-0.05, 0) is 44.1 Å². The number of rotatable bonds is 1. The molecule has 0 aromatic heterocycles. The molecule has 0 radical (unpaired) electrons.